The molecular weight excluding hydrogens is 452 g/mol. The van der Waals surface area contributed by atoms with Crippen LogP contribution in [0.1, 0.15) is 42.4 Å². The maximum Gasteiger partial charge on any atom is 0.286 e. The Hall–Kier alpha value is -3.08. The minimum Gasteiger partial charge on any atom is -0.352 e. The minimum absolute atomic E-state index is 0.205. The quantitative estimate of drug-likeness (QED) is 0.299. The van der Waals surface area contributed by atoms with Gasteiger partial charge in [-0.25, -0.2) is 9.38 Å². The molecule has 2 N–H and O–H groups in total. The number of pyridine rings is 1. The second-order valence-electron chi connectivity index (χ2n) is 6.88. The van der Waals surface area contributed by atoms with Gasteiger partial charge in [-0.1, -0.05) is 19.8 Å². The lowest BCUT2D eigenvalue weighted by Crippen LogP contribution is -2.27. The average molecular weight is 473 g/mol. The zero-order chi connectivity index (χ0) is 21.1. The van der Waals surface area contributed by atoms with Crippen molar-refractivity contribution in [1.82, 2.24) is 39.4 Å². The number of H-pyrrole nitrogens is 1. The molecule has 10 nitrogen and oxygen atoms in total. The molecule has 156 valence electrons. The van der Waals surface area contributed by atoms with Gasteiger partial charge in [0.1, 0.15) is 5.82 Å². The molecule has 0 saturated carbocycles. The predicted molar refractivity (Wildman–Crippen MR) is 114 cm³/mol. The number of aryl methyl sites for hydroxylation is 1. The first kappa shape index (κ1) is 20.2. The molecular formula is C19H21BrN8O2. The Bertz CT molecular complexity index is 1240. The van der Waals surface area contributed by atoms with E-state index in [-0.39, 0.29) is 11.5 Å². The zero-order valence-electron chi connectivity index (χ0n) is 16.4. The van der Waals surface area contributed by atoms with Crippen molar-refractivity contribution in [3.8, 4) is 0 Å². The van der Waals surface area contributed by atoms with E-state index in [2.05, 4.69) is 53.3 Å². The molecule has 0 bridgehead atoms. The van der Waals surface area contributed by atoms with Gasteiger partial charge in [0.15, 0.2) is 15.9 Å². The molecule has 0 aliphatic carbocycles. The Labute approximate surface area is 179 Å². The van der Waals surface area contributed by atoms with Crippen LogP contribution in [0.5, 0.6) is 0 Å². The number of aromatic nitrogens is 7. The molecule has 0 unspecified atom stereocenters. The first-order chi connectivity index (χ1) is 14.6. The van der Waals surface area contributed by atoms with Crippen LogP contribution >= 0.6 is 15.9 Å². The summed E-state index contributed by atoms with van der Waals surface area (Å²) in [4.78, 5) is 36.6. The Morgan fingerprint density at radius 1 is 1.23 bits per heavy atom. The monoisotopic (exact) mass is 472 g/mol. The van der Waals surface area contributed by atoms with E-state index in [1.165, 1.54) is 4.40 Å². The number of hydrogen-bond donors (Lipinski definition) is 2. The van der Waals surface area contributed by atoms with Crippen molar-refractivity contribution in [2.75, 3.05) is 6.54 Å². The van der Waals surface area contributed by atoms with Crippen LogP contribution in [-0.2, 0) is 13.0 Å². The number of rotatable bonds is 8. The number of fused-ring (bicyclic) bond motifs is 2. The van der Waals surface area contributed by atoms with Gasteiger partial charge in [0.2, 0.25) is 5.78 Å². The standard InChI is InChI=1S/C19H21BrN8O2/c1-2-3-4-11-27-15-14(23-18(20)24-15)17(30)28-13(25-26-19(27)28)7-10-22-16(29)12-5-8-21-9-6-12/h5-6,8-9H,2-4,7,10-11H2,1H3,(H,22,29)(H,23,24). The van der Waals surface area contributed by atoms with Gasteiger partial charge in [-0.15, -0.1) is 10.2 Å². The number of imidazole rings is 1. The summed E-state index contributed by atoms with van der Waals surface area (Å²) in [5, 5.41) is 11.3. The smallest absolute Gasteiger partial charge is 0.286 e. The van der Waals surface area contributed by atoms with Crippen LogP contribution < -0.4 is 10.9 Å². The Balaban J connectivity index is 1.63. The van der Waals surface area contributed by atoms with Crippen LogP contribution in [0.2, 0.25) is 0 Å². The van der Waals surface area contributed by atoms with Crippen molar-refractivity contribution in [1.29, 1.82) is 0 Å². The van der Waals surface area contributed by atoms with Crippen LogP contribution in [0.4, 0.5) is 0 Å². The van der Waals surface area contributed by atoms with Crippen LogP contribution in [-0.4, -0.2) is 46.6 Å². The summed E-state index contributed by atoms with van der Waals surface area (Å²) in [6, 6.07) is 3.28. The van der Waals surface area contributed by atoms with Gasteiger partial charge in [0, 0.05) is 37.5 Å². The fourth-order valence-electron chi connectivity index (χ4n) is 3.36. The summed E-state index contributed by atoms with van der Waals surface area (Å²) in [7, 11) is 0. The van der Waals surface area contributed by atoms with E-state index in [1.54, 1.807) is 24.5 Å². The summed E-state index contributed by atoms with van der Waals surface area (Å²) < 4.78 is 3.91. The van der Waals surface area contributed by atoms with Gasteiger partial charge in [0.25, 0.3) is 11.5 Å². The summed E-state index contributed by atoms with van der Waals surface area (Å²) >= 11 is 3.32. The number of nitrogens with zero attached hydrogens (tertiary/aromatic N) is 6. The lowest BCUT2D eigenvalue weighted by Gasteiger charge is -2.09. The van der Waals surface area contributed by atoms with E-state index < -0.39 is 0 Å². The first-order valence-corrected chi connectivity index (χ1v) is 10.6. The highest BCUT2D eigenvalue weighted by Crippen LogP contribution is 2.16. The van der Waals surface area contributed by atoms with Crippen molar-refractivity contribution < 1.29 is 4.79 Å². The fraction of sp³-hybridized carbons (Fsp3) is 0.368. The van der Waals surface area contributed by atoms with Gasteiger partial charge >= 0.3 is 0 Å². The van der Waals surface area contributed by atoms with Gasteiger partial charge in [-0.05, 0) is 34.5 Å². The number of carbonyl (C=O) groups is 1. The Kier molecular flexibility index (Phi) is 5.88. The van der Waals surface area contributed by atoms with Crippen LogP contribution in [0.3, 0.4) is 0 Å². The lowest BCUT2D eigenvalue weighted by atomic mass is 10.2. The number of nitrogens with one attached hydrogen (secondary N) is 2. The summed E-state index contributed by atoms with van der Waals surface area (Å²) in [6.07, 6.45) is 6.58. The minimum atomic E-state index is -0.259. The molecule has 0 aromatic carbocycles. The molecule has 11 heteroatoms. The molecule has 0 spiro atoms. The molecule has 4 aromatic heterocycles. The normalized spacial score (nSPS) is 11.4. The fourth-order valence-corrected chi connectivity index (χ4v) is 3.72. The van der Waals surface area contributed by atoms with Crippen molar-refractivity contribution >= 4 is 38.8 Å². The number of aromatic amines is 1. The third-order valence-electron chi connectivity index (χ3n) is 4.84. The molecule has 0 aliphatic heterocycles. The van der Waals surface area contributed by atoms with Gasteiger partial charge in [-0.2, -0.15) is 0 Å². The van der Waals surface area contributed by atoms with Crippen molar-refractivity contribution in [2.24, 2.45) is 0 Å². The largest absolute Gasteiger partial charge is 0.352 e. The van der Waals surface area contributed by atoms with E-state index in [1.807, 2.05) is 4.57 Å². The highest BCUT2D eigenvalue weighted by atomic mass is 79.9. The van der Waals surface area contributed by atoms with Crippen molar-refractivity contribution in [3.63, 3.8) is 0 Å². The molecule has 0 radical (unpaired) electrons. The lowest BCUT2D eigenvalue weighted by molar-refractivity contribution is 0.0954. The highest BCUT2D eigenvalue weighted by Gasteiger charge is 2.19. The van der Waals surface area contributed by atoms with Crippen LogP contribution in [0.25, 0.3) is 16.9 Å². The number of halogens is 1. The summed E-state index contributed by atoms with van der Waals surface area (Å²) in [5.41, 5.74) is 1.22. The Morgan fingerprint density at radius 3 is 2.80 bits per heavy atom. The molecule has 30 heavy (non-hydrogen) atoms. The predicted octanol–water partition coefficient (Wildman–Crippen LogP) is 2.09. The van der Waals surface area contributed by atoms with Crippen LogP contribution in [0, 0.1) is 0 Å². The maximum atomic E-state index is 13.1. The van der Waals surface area contributed by atoms with Gasteiger partial charge in [-0.3, -0.25) is 19.1 Å². The first-order valence-electron chi connectivity index (χ1n) is 9.80. The third kappa shape index (κ3) is 3.84. The number of carbonyl (C=O) groups excluding carboxylic acids is 1. The Morgan fingerprint density at radius 2 is 2.03 bits per heavy atom. The van der Waals surface area contributed by atoms with E-state index in [0.29, 0.717) is 52.6 Å². The van der Waals surface area contributed by atoms with Crippen molar-refractivity contribution in [3.05, 3.63) is 51.0 Å². The number of hydrogen-bond acceptors (Lipinski definition) is 6. The highest BCUT2D eigenvalue weighted by molar-refractivity contribution is 9.10. The molecule has 4 rings (SSSR count). The topological polar surface area (TPSA) is 123 Å². The maximum absolute atomic E-state index is 13.1. The molecule has 4 aromatic rings. The second kappa shape index (κ2) is 8.74. The zero-order valence-corrected chi connectivity index (χ0v) is 18.0. The SMILES string of the molecule is CCCCCn1c2nc(Br)[nH]c2c(=O)n2c(CCNC(=O)c3ccncc3)nnc12. The average Bonchev–Trinajstić information content (AvgIpc) is 3.35. The number of unbranched alkanes of at least 4 members (excludes halogenated alkanes) is 2. The second-order valence-corrected chi connectivity index (χ2v) is 7.63. The molecule has 0 fully saturated rings. The van der Waals surface area contributed by atoms with Crippen molar-refractivity contribution in [2.45, 2.75) is 39.2 Å². The number of amides is 1. The van der Waals surface area contributed by atoms with E-state index in [4.69, 9.17) is 0 Å². The van der Waals surface area contributed by atoms with E-state index in [9.17, 15) is 9.59 Å². The molecule has 0 atom stereocenters. The summed E-state index contributed by atoms with van der Waals surface area (Å²) in [6.45, 7) is 3.14. The third-order valence-corrected chi connectivity index (χ3v) is 5.22. The molecule has 1 amide bonds. The van der Waals surface area contributed by atoms with Crippen LogP contribution in [0.15, 0.2) is 34.1 Å². The molecule has 4 heterocycles. The van der Waals surface area contributed by atoms with E-state index in [0.717, 1.165) is 19.3 Å². The molecule has 0 saturated heterocycles. The van der Waals surface area contributed by atoms with Gasteiger partial charge in [0.05, 0.1) is 0 Å². The molecule has 0 aliphatic rings. The summed E-state index contributed by atoms with van der Waals surface area (Å²) in [5.74, 6) is 0.739. The van der Waals surface area contributed by atoms with Gasteiger partial charge < -0.3 is 10.3 Å². The van der Waals surface area contributed by atoms with E-state index >= 15 is 0 Å².